The van der Waals surface area contributed by atoms with Gasteiger partial charge in [0.1, 0.15) is 0 Å². The van der Waals surface area contributed by atoms with Crippen molar-refractivity contribution in [1.29, 1.82) is 0 Å². The first-order valence-corrected chi connectivity index (χ1v) is 8.97. The summed E-state index contributed by atoms with van der Waals surface area (Å²) in [6, 6.07) is -0.0287. The zero-order valence-electron chi connectivity index (χ0n) is 11.0. The van der Waals surface area contributed by atoms with Crippen LogP contribution in [0.2, 0.25) is 4.47 Å². The van der Waals surface area contributed by atoms with Crippen LogP contribution in [0.3, 0.4) is 0 Å². The fourth-order valence-corrected chi connectivity index (χ4v) is 5.33. The highest BCUT2D eigenvalue weighted by atomic mass is 35.5. The number of halogens is 1. The van der Waals surface area contributed by atoms with Crippen molar-refractivity contribution in [2.24, 2.45) is 0 Å². The van der Waals surface area contributed by atoms with E-state index < -0.39 is 10.0 Å². The fraction of sp³-hybridized carbons (Fsp3) is 0.727. The number of aromatic nitrogens is 1. The molecule has 2 heterocycles. The SMILES string of the molecule is CCN1CCCC(NS(=O)(=O)c2sc(Cl)nc2C)C1. The molecule has 0 radical (unpaired) electrons. The Morgan fingerprint density at radius 1 is 1.58 bits per heavy atom. The van der Waals surface area contributed by atoms with Crippen LogP contribution in [0.5, 0.6) is 0 Å². The number of piperidine rings is 1. The summed E-state index contributed by atoms with van der Waals surface area (Å²) in [5.41, 5.74) is 0.464. The van der Waals surface area contributed by atoms with Gasteiger partial charge in [0.05, 0.1) is 5.69 Å². The first-order chi connectivity index (χ1) is 8.92. The van der Waals surface area contributed by atoms with Gasteiger partial charge in [0, 0.05) is 12.6 Å². The molecule has 1 saturated heterocycles. The largest absolute Gasteiger partial charge is 0.302 e. The summed E-state index contributed by atoms with van der Waals surface area (Å²) >= 11 is 6.77. The van der Waals surface area contributed by atoms with Gasteiger partial charge in [-0.25, -0.2) is 18.1 Å². The van der Waals surface area contributed by atoms with Crippen molar-refractivity contribution in [2.75, 3.05) is 19.6 Å². The molecule has 0 aliphatic carbocycles. The van der Waals surface area contributed by atoms with E-state index in [1.807, 2.05) is 0 Å². The second-order valence-corrected chi connectivity index (χ2v) is 8.18. The van der Waals surface area contributed by atoms with Crippen LogP contribution in [0.25, 0.3) is 0 Å². The molecular weight excluding hydrogens is 306 g/mol. The Kier molecular flexibility index (Phi) is 4.84. The van der Waals surface area contributed by atoms with E-state index in [1.54, 1.807) is 6.92 Å². The minimum atomic E-state index is -3.51. The lowest BCUT2D eigenvalue weighted by atomic mass is 10.1. The van der Waals surface area contributed by atoms with Gasteiger partial charge in [0.2, 0.25) is 0 Å². The van der Waals surface area contributed by atoms with E-state index in [0.717, 1.165) is 43.8 Å². The van der Waals surface area contributed by atoms with Crippen molar-refractivity contribution in [3.8, 4) is 0 Å². The van der Waals surface area contributed by atoms with Crippen molar-refractivity contribution < 1.29 is 8.42 Å². The summed E-state index contributed by atoms with van der Waals surface area (Å²) in [6.07, 6.45) is 1.89. The number of rotatable bonds is 4. The van der Waals surface area contributed by atoms with Crippen LogP contribution < -0.4 is 4.72 Å². The molecular formula is C11H18ClN3O2S2. The lowest BCUT2D eigenvalue weighted by Crippen LogP contribution is -2.47. The van der Waals surface area contributed by atoms with E-state index >= 15 is 0 Å². The maximum Gasteiger partial charge on any atom is 0.252 e. The fourth-order valence-electron chi connectivity index (χ4n) is 2.31. The van der Waals surface area contributed by atoms with Crippen LogP contribution in [0.4, 0.5) is 0 Å². The molecule has 8 heteroatoms. The quantitative estimate of drug-likeness (QED) is 0.919. The van der Waals surface area contributed by atoms with Gasteiger partial charge in [0.15, 0.2) is 8.68 Å². The van der Waals surface area contributed by atoms with Crippen LogP contribution in [0, 0.1) is 6.92 Å². The predicted octanol–water partition coefficient (Wildman–Crippen LogP) is 1.87. The van der Waals surface area contributed by atoms with Crippen molar-refractivity contribution in [2.45, 2.75) is 36.9 Å². The molecule has 1 aliphatic rings. The van der Waals surface area contributed by atoms with Crippen LogP contribution in [-0.4, -0.2) is 44.0 Å². The highest BCUT2D eigenvalue weighted by molar-refractivity contribution is 7.91. The Morgan fingerprint density at radius 2 is 2.32 bits per heavy atom. The Labute approximate surface area is 123 Å². The molecule has 1 unspecified atom stereocenters. The van der Waals surface area contributed by atoms with Gasteiger partial charge in [-0.2, -0.15) is 0 Å². The standard InChI is InChI=1S/C11H18ClN3O2S2/c1-3-15-6-4-5-9(7-15)14-19(16,17)10-8(2)13-11(12)18-10/h9,14H,3-7H2,1-2H3. The number of likely N-dealkylation sites (N-methyl/N-ethyl adjacent to an activating group) is 1. The zero-order chi connectivity index (χ0) is 14.0. The van der Waals surface area contributed by atoms with Gasteiger partial charge < -0.3 is 4.90 Å². The van der Waals surface area contributed by atoms with Gasteiger partial charge in [0.25, 0.3) is 10.0 Å². The molecule has 0 saturated carbocycles. The molecule has 19 heavy (non-hydrogen) atoms. The summed E-state index contributed by atoms with van der Waals surface area (Å²) in [5, 5.41) is 0. The molecule has 0 aromatic carbocycles. The number of sulfonamides is 1. The summed E-state index contributed by atoms with van der Waals surface area (Å²) in [5.74, 6) is 0. The highest BCUT2D eigenvalue weighted by Gasteiger charge is 2.27. The molecule has 0 amide bonds. The van der Waals surface area contributed by atoms with Crippen molar-refractivity contribution in [1.82, 2.24) is 14.6 Å². The molecule has 5 nitrogen and oxygen atoms in total. The molecule has 1 atom stereocenters. The first kappa shape index (κ1) is 15.2. The summed E-state index contributed by atoms with van der Waals surface area (Å²) in [6.45, 7) is 6.51. The number of thiazole rings is 1. The van der Waals surface area contributed by atoms with Crippen LogP contribution >= 0.6 is 22.9 Å². The number of hydrogen-bond acceptors (Lipinski definition) is 5. The Balaban J connectivity index is 2.11. The molecule has 0 bridgehead atoms. The average molecular weight is 324 g/mol. The van der Waals surface area contributed by atoms with E-state index in [2.05, 4.69) is 21.5 Å². The highest BCUT2D eigenvalue weighted by Crippen LogP contribution is 2.27. The normalized spacial score (nSPS) is 21.7. The number of nitrogens with one attached hydrogen (secondary N) is 1. The van der Waals surface area contributed by atoms with Crippen LogP contribution in [0.15, 0.2) is 4.21 Å². The molecule has 2 rings (SSSR count). The van der Waals surface area contributed by atoms with E-state index in [4.69, 9.17) is 11.6 Å². The third-order valence-electron chi connectivity index (χ3n) is 3.25. The number of likely N-dealkylation sites (tertiary alicyclic amines) is 1. The lowest BCUT2D eigenvalue weighted by molar-refractivity contribution is 0.211. The Hall–Kier alpha value is -0.210. The number of nitrogens with zero attached hydrogens (tertiary/aromatic N) is 2. The molecule has 108 valence electrons. The van der Waals surface area contributed by atoms with Crippen molar-refractivity contribution >= 4 is 33.0 Å². The summed E-state index contributed by atoms with van der Waals surface area (Å²) < 4.78 is 27.9. The predicted molar refractivity (Wildman–Crippen MR) is 77.3 cm³/mol. The lowest BCUT2D eigenvalue weighted by Gasteiger charge is -2.31. The van der Waals surface area contributed by atoms with Crippen LogP contribution in [0.1, 0.15) is 25.5 Å². The van der Waals surface area contributed by atoms with Gasteiger partial charge in [-0.05, 0) is 32.9 Å². The third-order valence-corrected chi connectivity index (χ3v) is 6.64. The first-order valence-electron chi connectivity index (χ1n) is 6.30. The van der Waals surface area contributed by atoms with Crippen molar-refractivity contribution in [3.05, 3.63) is 10.2 Å². The van der Waals surface area contributed by atoms with E-state index in [-0.39, 0.29) is 14.7 Å². The molecule has 1 fully saturated rings. The molecule has 1 aromatic rings. The van der Waals surface area contributed by atoms with Gasteiger partial charge in [-0.3, -0.25) is 0 Å². The second-order valence-electron chi connectivity index (χ2n) is 4.69. The molecule has 1 N–H and O–H groups in total. The third kappa shape index (κ3) is 3.66. The smallest absolute Gasteiger partial charge is 0.252 e. The Morgan fingerprint density at radius 3 is 2.89 bits per heavy atom. The van der Waals surface area contributed by atoms with E-state index in [0.29, 0.717) is 5.69 Å². The molecule has 0 spiro atoms. The van der Waals surface area contributed by atoms with Gasteiger partial charge in [-0.15, -0.1) is 0 Å². The maximum atomic E-state index is 12.3. The topological polar surface area (TPSA) is 62.3 Å². The summed E-state index contributed by atoms with van der Waals surface area (Å²) in [4.78, 5) is 6.21. The minimum absolute atomic E-state index is 0.0287. The van der Waals surface area contributed by atoms with Gasteiger partial charge in [-0.1, -0.05) is 29.9 Å². The van der Waals surface area contributed by atoms with E-state index in [1.165, 1.54) is 0 Å². The number of aryl methyl sites for hydroxylation is 1. The van der Waals surface area contributed by atoms with Crippen molar-refractivity contribution in [3.63, 3.8) is 0 Å². The minimum Gasteiger partial charge on any atom is -0.302 e. The summed E-state index contributed by atoms with van der Waals surface area (Å²) in [7, 11) is -3.51. The maximum absolute atomic E-state index is 12.3. The average Bonchev–Trinajstić information content (AvgIpc) is 2.69. The monoisotopic (exact) mass is 323 g/mol. The molecule has 1 aliphatic heterocycles. The molecule has 1 aromatic heterocycles. The van der Waals surface area contributed by atoms with Gasteiger partial charge >= 0.3 is 0 Å². The second kappa shape index (κ2) is 6.05. The van der Waals surface area contributed by atoms with E-state index in [9.17, 15) is 8.42 Å². The zero-order valence-corrected chi connectivity index (χ0v) is 13.4. The Bertz CT molecular complexity index is 544. The van der Waals surface area contributed by atoms with Crippen LogP contribution in [-0.2, 0) is 10.0 Å². The number of hydrogen-bond donors (Lipinski definition) is 1.